The summed E-state index contributed by atoms with van der Waals surface area (Å²) in [6.07, 6.45) is 0. The molecule has 108 valence electrons. The Labute approximate surface area is 128 Å². The molecule has 1 aliphatic heterocycles. The number of fused-ring (bicyclic) bond motifs is 1. The number of rotatable bonds is 4. The van der Waals surface area contributed by atoms with E-state index in [2.05, 4.69) is 65.6 Å². The van der Waals surface area contributed by atoms with Crippen molar-refractivity contribution in [1.29, 1.82) is 0 Å². The van der Waals surface area contributed by atoms with Crippen LogP contribution in [0.15, 0.2) is 24.3 Å². The van der Waals surface area contributed by atoms with Crippen molar-refractivity contribution < 1.29 is 0 Å². The summed E-state index contributed by atoms with van der Waals surface area (Å²) in [4.78, 5) is 4.76. The molecule has 0 aliphatic carbocycles. The SMILES string of the molecule is CC(NCC1CSCCS1)c1nc2ccccc2n1C. The highest BCUT2D eigenvalue weighted by molar-refractivity contribution is 8.06. The molecular weight excluding hydrogens is 286 g/mol. The van der Waals surface area contributed by atoms with Crippen LogP contribution in [0, 0.1) is 0 Å². The van der Waals surface area contributed by atoms with Crippen LogP contribution >= 0.6 is 23.5 Å². The van der Waals surface area contributed by atoms with Gasteiger partial charge in [0.2, 0.25) is 0 Å². The molecular formula is C15H21N3S2. The molecule has 3 rings (SSSR count). The lowest BCUT2D eigenvalue weighted by atomic mass is 10.3. The smallest absolute Gasteiger partial charge is 0.126 e. The number of para-hydroxylation sites is 2. The van der Waals surface area contributed by atoms with Gasteiger partial charge in [-0.1, -0.05) is 12.1 Å². The summed E-state index contributed by atoms with van der Waals surface area (Å²) in [6, 6.07) is 8.63. The minimum absolute atomic E-state index is 0.292. The van der Waals surface area contributed by atoms with E-state index in [4.69, 9.17) is 4.98 Å². The molecule has 0 bridgehead atoms. The molecule has 2 atom stereocenters. The summed E-state index contributed by atoms with van der Waals surface area (Å²) in [5.41, 5.74) is 2.29. The molecule has 3 nitrogen and oxygen atoms in total. The number of hydrogen-bond donors (Lipinski definition) is 1. The van der Waals surface area contributed by atoms with Gasteiger partial charge in [0.05, 0.1) is 17.1 Å². The average Bonchev–Trinajstić information content (AvgIpc) is 2.84. The van der Waals surface area contributed by atoms with Crippen molar-refractivity contribution in [1.82, 2.24) is 14.9 Å². The number of aromatic nitrogens is 2. The Morgan fingerprint density at radius 1 is 1.40 bits per heavy atom. The number of imidazole rings is 1. The van der Waals surface area contributed by atoms with Gasteiger partial charge in [0.25, 0.3) is 0 Å². The molecule has 5 heteroatoms. The van der Waals surface area contributed by atoms with Gasteiger partial charge in [0, 0.05) is 36.1 Å². The molecule has 1 aromatic carbocycles. The minimum atomic E-state index is 0.292. The van der Waals surface area contributed by atoms with E-state index in [9.17, 15) is 0 Å². The third-order valence-corrected chi connectivity index (χ3v) is 6.59. The van der Waals surface area contributed by atoms with Crippen LogP contribution in [-0.4, -0.2) is 38.6 Å². The zero-order valence-electron chi connectivity index (χ0n) is 12.0. The number of nitrogens with zero attached hydrogens (tertiary/aromatic N) is 2. The molecule has 1 aromatic heterocycles. The van der Waals surface area contributed by atoms with Gasteiger partial charge in [-0.2, -0.15) is 23.5 Å². The van der Waals surface area contributed by atoms with E-state index in [1.165, 1.54) is 22.8 Å². The normalized spacial score (nSPS) is 21.2. The highest BCUT2D eigenvalue weighted by Crippen LogP contribution is 2.24. The lowest BCUT2D eigenvalue weighted by Crippen LogP contribution is -2.31. The highest BCUT2D eigenvalue weighted by Gasteiger charge is 2.18. The third-order valence-electron chi connectivity index (χ3n) is 3.75. The van der Waals surface area contributed by atoms with E-state index < -0.39 is 0 Å². The maximum atomic E-state index is 4.76. The van der Waals surface area contributed by atoms with Gasteiger partial charge in [0.1, 0.15) is 5.82 Å². The lowest BCUT2D eigenvalue weighted by molar-refractivity contribution is 0.536. The summed E-state index contributed by atoms with van der Waals surface area (Å²) < 4.78 is 2.20. The first-order valence-corrected chi connectivity index (χ1v) is 9.30. The predicted molar refractivity (Wildman–Crippen MR) is 90.7 cm³/mol. The molecule has 1 saturated heterocycles. The lowest BCUT2D eigenvalue weighted by Gasteiger charge is -2.23. The summed E-state index contributed by atoms with van der Waals surface area (Å²) in [6.45, 7) is 3.28. The highest BCUT2D eigenvalue weighted by atomic mass is 32.2. The van der Waals surface area contributed by atoms with E-state index in [0.717, 1.165) is 23.1 Å². The zero-order chi connectivity index (χ0) is 13.9. The second kappa shape index (κ2) is 6.41. The van der Waals surface area contributed by atoms with Crippen molar-refractivity contribution in [2.24, 2.45) is 7.05 Å². The summed E-state index contributed by atoms with van der Waals surface area (Å²) >= 11 is 4.17. The van der Waals surface area contributed by atoms with Gasteiger partial charge in [0.15, 0.2) is 0 Å². The molecule has 1 aliphatic rings. The minimum Gasteiger partial charge on any atom is -0.330 e. The van der Waals surface area contributed by atoms with Gasteiger partial charge >= 0.3 is 0 Å². The first-order valence-electron chi connectivity index (χ1n) is 7.10. The first kappa shape index (κ1) is 14.3. The number of nitrogens with one attached hydrogen (secondary N) is 1. The quantitative estimate of drug-likeness (QED) is 0.940. The Bertz CT molecular complexity index is 576. The fraction of sp³-hybridized carbons (Fsp3) is 0.533. The van der Waals surface area contributed by atoms with E-state index >= 15 is 0 Å². The molecule has 0 amide bonds. The number of aryl methyl sites for hydroxylation is 1. The Hall–Kier alpha value is -0.650. The zero-order valence-corrected chi connectivity index (χ0v) is 13.6. The van der Waals surface area contributed by atoms with Gasteiger partial charge in [-0.25, -0.2) is 4.98 Å². The molecule has 1 fully saturated rings. The Morgan fingerprint density at radius 2 is 2.25 bits per heavy atom. The van der Waals surface area contributed by atoms with Gasteiger partial charge in [-0.05, 0) is 19.1 Å². The summed E-state index contributed by atoms with van der Waals surface area (Å²) in [7, 11) is 2.11. The number of thioether (sulfide) groups is 2. The number of benzene rings is 1. The molecule has 20 heavy (non-hydrogen) atoms. The monoisotopic (exact) mass is 307 g/mol. The number of hydrogen-bond acceptors (Lipinski definition) is 4. The second-order valence-electron chi connectivity index (χ2n) is 5.22. The van der Waals surface area contributed by atoms with Crippen molar-refractivity contribution in [3.8, 4) is 0 Å². The predicted octanol–water partition coefficient (Wildman–Crippen LogP) is 3.07. The van der Waals surface area contributed by atoms with E-state index in [0.29, 0.717) is 6.04 Å². The van der Waals surface area contributed by atoms with Crippen LogP contribution in [0.4, 0.5) is 0 Å². The van der Waals surface area contributed by atoms with Crippen LogP contribution in [0.1, 0.15) is 18.8 Å². The fourth-order valence-corrected chi connectivity index (χ4v) is 5.23. The second-order valence-corrected chi connectivity index (χ2v) is 7.77. The van der Waals surface area contributed by atoms with Crippen LogP contribution in [0.2, 0.25) is 0 Å². The van der Waals surface area contributed by atoms with Crippen molar-refractivity contribution >= 4 is 34.6 Å². The van der Waals surface area contributed by atoms with E-state index in [1.54, 1.807) is 0 Å². The Kier molecular flexibility index (Phi) is 4.58. The molecule has 2 aromatic rings. The standard InChI is InChI=1S/C15H21N3S2/c1-11(16-9-12-10-19-7-8-20-12)15-17-13-5-3-4-6-14(13)18(15)2/h3-6,11-12,16H,7-10H2,1-2H3. The molecule has 2 heterocycles. The Morgan fingerprint density at radius 3 is 3.00 bits per heavy atom. The van der Waals surface area contributed by atoms with Crippen molar-refractivity contribution in [3.63, 3.8) is 0 Å². The maximum absolute atomic E-state index is 4.76. The molecule has 0 saturated carbocycles. The topological polar surface area (TPSA) is 29.9 Å². The van der Waals surface area contributed by atoms with E-state index in [-0.39, 0.29) is 0 Å². The van der Waals surface area contributed by atoms with Gasteiger partial charge in [-0.15, -0.1) is 0 Å². The van der Waals surface area contributed by atoms with Gasteiger partial charge < -0.3 is 9.88 Å². The first-order chi connectivity index (χ1) is 9.75. The maximum Gasteiger partial charge on any atom is 0.126 e. The third kappa shape index (κ3) is 3.00. The van der Waals surface area contributed by atoms with Crippen LogP contribution in [0.3, 0.4) is 0 Å². The Balaban J connectivity index is 1.68. The fourth-order valence-electron chi connectivity index (χ4n) is 2.61. The summed E-state index contributed by atoms with van der Waals surface area (Å²) in [5.74, 6) is 4.99. The molecule has 0 spiro atoms. The van der Waals surface area contributed by atoms with Crippen LogP contribution in [0.25, 0.3) is 11.0 Å². The molecule has 1 N–H and O–H groups in total. The van der Waals surface area contributed by atoms with Crippen molar-refractivity contribution in [2.75, 3.05) is 23.8 Å². The van der Waals surface area contributed by atoms with Crippen LogP contribution in [0.5, 0.6) is 0 Å². The van der Waals surface area contributed by atoms with Crippen LogP contribution in [-0.2, 0) is 7.05 Å². The average molecular weight is 307 g/mol. The summed E-state index contributed by atoms with van der Waals surface area (Å²) in [5, 5.41) is 4.39. The van der Waals surface area contributed by atoms with Crippen LogP contribution < -0.4 is 5.32 Å². The molecule has 2 unspecified atom stereocenters. The van der Waals surface area contributed by atoms with E-state index in [1.807, 2.05) is 6.07 Å². The van der Waals surface area contributed by atoms with Crippen molar-refractivity contribution in [2.45, 2.75) is 18.2 Å². The largest absolute Gasteiger partial charge is 0.330 e. The molecule has 0 radical (unpaired) electrons. The van der Waals surface area contributed by atoms with Crippen molar-refractivity contribution in [3.05, 3.63) is 30.1 Å². The van der Waals surface area contributed by atoms with Gasteiger partial charge in [-0.3, -0.25) is 0 Å².